The van der Waals surface area contributed by atoms with Gasteiger partial charge >= 0.3 is 11.9 Å². The quantitative estimate of drug-likeness (QED) is 0.395. The lowest BCUT2D eigenvalue weighted by molar-refractivity contribution is -0.162. The molecule has 100 valence electrons. The van der Waals surface area contributed by atoms with Gasteiger partial charge in [0.1, 0.15) is 0 Å². The first-order valence-electron chi connectivity index (χ1n) is 5.60. The average Bonchev–Trinajstić information content (AvgIpc) is 2.27. The fraction of sp³-hybridized carbons (Fsp3) is 0.583. The van der Waals surface area contributed by atoms with Crippen molar-refractivity contribution in [3.63, 3.8) is 0 Å². The highest BCUT2D eigenvalue weighted by Crippen LogP contribution is 2.25. The van der Waals surface area contributed by atoms with Gasteiger partial charge in [-0.05, 0) is 6.42 Å². The molecule has 1 rings (SSSR count). The van der Waals surface area contributed by atoms with E-state index in [0.29, 0.717) is 18.4 Å². The van der Waals surface area contributed by atoms with Crippen molar-refractivity contribution in [2.75, 3.05) is 13.8 Å². The van der Waals surface area contributed by atoms with Gasteiger partial charge in [-0.15, -0.1) is 0 Å². The Morgan fingerprint density at radius 1 is 1.50 bits per heavy atom. The molecule has 1 aliphatic heterocycles. The summed E-state index contributed by atoms with van der Waals surface area (Å²) < 4.78 is 9.31. The molecule has 0 aliphatic carbocycles. The summed E-state index contributed by atoms with van der Waals surface area (Å²) in [5, 5.41) is 0. The summed E-state index contributed by atoms with van der Waals surface area (Å²) in [4.78, 5) is 34.5. The van der Waals surface area contributed by atoms with Crippen LogP contribution < -0.4 is 0 Å². The predicted molar refractivity (Wildman–Crippen MR) is 62.3 cm³/mol. The maximum absolute atomic E-state index is 11.3. The Morgan fingerprint density at radius 2 is 2.17 bits per heavy atom. The summed E-state index contributed by atoms with van der Waals surface area (Å²) in [6.45, 7) is 5.02. The van der Waals surface area contributed by atoms with Gasteiger partial charge in [0.05, 0.1) is 13.5 Å². The van der Waals surface area contributed by atoms with E-state index in [1.54, 1.807) is 0 Å². The zero-order chi connectivity index (χ0) is 13.7. The van der Waals surface area contributed by atoms with Crippen LogP contribution >= 0.6 is 0 Å². The summed E-state index contributed by atoms with van der Waals surface area (Å²) in [7, 11) is 1.31. The van der Waals surface area contributed by atoms with E-state index in [1.165, 1.54) is 18.9 Å². The third-order valence-electron chi connectivity index (χ3n) is 2.72. The molecule has 0 unspecified atom stereocenters. The largest absolute Gasteiger partial charge is 0.469 e. The molecule has 0 radical (unpaired) electrons. The van der Waals surface area contributed by atoms with Crippen LogP contribution in [0.5, 0.6) is 0 Å². The number of carbonyl (C=O) groups excluding carboxylic acids is 3. The number of likely N-dealkylation sites (tertiary alicyclic amines) is 1. The second-order valence-corrected chi connectivity index (χ2v) is 4.19. The molecular formula is C12H17NO5. The Bertz CT molecular complexity index is 377. The molecule has 1 heterocycles. The highest BCUT2D eigenvalue weighted by molar-refractivity contribution is 5.83. The lowest BCUT2D eigenvalue weighted by atomic mass is 9.94. The molecule has 18 heavy (non-hydrogen) atoms. The number of esters is 2. The van der Waals surface area contributed by atoms with Gasteiger partial charge in [-0.2, -0.15) is 0 Å². The van der Waals surface area contributed by atoms with Crippen molar-refractivity contribution in [3.05, 3.63) is 12.2 Å². The van der Waals surface area contributed by atoms with Crippen molar-refractivity contribution in [1.82, 2.24) is 4.90 Å². The van der Waals surface area contributed by atoms with Gasteiger partial charge in [0.25, 0.3) is 0 Å². The minimum atomic E-state index is -0.429. The number of hydrogen-bond donors (Lipinski definition) is 0. The first-order valence-corrected chi connectivity index (χ1v) is 5.60. The van der Waals surface area contributed by atoms with Crippen LogP contribution in [0.15, 0.2) is 12.2 Å². The van der Waals surface area contributed by atoms with E-state index in [0.717, 1.165) is 0 Å². The van der Waals surface area contributed by atoms with E-state index < -0.39 is 5.97 Å². The lowest BCUT2D eigenvalue weighted by Gasteiger charge is -2.40. The van der Waals surface area contributed by atoms with E-state index >= 15 is 0 Å². The molecule has 0 N–H and O–H groups in total. The Labute approximate surface area is 106 Å². The summed E-state index contributed by atoms with van der Waals surface area (Å²) in [6, 6.07) is -0.0472. The standard InChI is InChI=1S/C12H17NO5/c1-8(5-12(16)17-3)4-10-6-11(15)13(10)7-18-9(2)14/h10H,1,4-7H2,2-3H3/t10-/m1/s1. The second-order valence-electron chi connectivity index (χ2n) is 4.19. The van der Waals surface area contributed by atoms with E-state index in [1.807, 2.05) is 0 Å². The maximum Gasteiger partial charge on any atom is 0.309 e. The smallest absolute Gasteiger partial charge is 0.309 e. The number of rotatable bonds is 6. The fourth-order valence-corrected chi connectivity index (χ4v) is 1.72. The number of carbonyl (C=O) groups is 3. The van der Waals surface area contributed by atoms with Crippen LogP contribution in [0.25, 0.3) is 0 Å². The van der Waals surface area contributed by atoms with Gasteiger partial charge in [0.15, 0.2) is 6.73 Å². The van der Waals surface area contributed by atoms with Crippen molar-refractivity contribution in [2.24, 2.45) is 0 Å². The van der Waals surface area contributed by atoms with Gasteiger partial charge in [0, 0.05) is 19.4 Å². The molecule has 6 heteroatoms. The maximum atomic E-state index is 11.3. The van der Waals surface area contributed by atoms with Crippen LogP contribution in [0.4, 0.5) is 0 Å². The number of methoxy groups -OCH3 is 1. The topological polar surface area (TPSA) is 72.9 Å². The van der Waals surface area contributed by atoms with Gasteiger partial charge in [0.2, 0.25) is 5.91 Å². The van der Waals surface area contributed by atoms with Gasteiger partial charge in [-0.3, -0.25) is 14.4 Å². The summed E-state index contributed by atoms with van der Waals surface area (Å²) >= 11 is 0. The van der Waals surface area contributed by atoms with E-state index in [4.69, 9.17) is 4.74 Å². The number of ether oxygens (including phenoxy) is 2. The number of amides is 1. The zero-order valence-electron chi connectivity index (χ0n) is 10.6. The molecule has 1 fully saturated rings. The number of nitrogens with zero attached hydrogens (tertiary/aromatic N) is 1. The first kappa shape index (κ1) is 14.2. The molecule has 1 atom stereocenters. The van der Waals surface area contributed by atoms with Crippen molar-refractivity contribution in [1.29, 1.82) is 0 Å². The molecule has 0 aromatic rings. The zero-order valence-corrected chi connectivity index (χ0v) is 10.6. The van der Waals surface area contributed by atoms with Crippen molar-refractivity contribution in [3.8, 4) is 0 Å². The van der Waals surface area contributed by atoms with Crippen LogP contribution in [0.2, 0.25) is 0 Å². The average molecular weight is 255 g/mol. The first-order chi connectivity index (χ1) is 8.43. The molecular weight excluding hydrogens is 238 g/mol. The van der Waals surface area contributed by atoms with Crippen LogP contribution in [-0.4, -0.2) is 42.6 Å². The normalized spacial score (nSPS) is 18.0. The second kappa shape index (κ2) is 6.18. The third-order valence-corrected chi connectivity index (χ3v) is 2.72. The van der Waals surface area contributed by atoms with Gasteiger partial charge in [-0.1, -0.05) is 12.2 Å². The molecule has 0 spiro atoms. The number of hydrogen-bond acceptors (Lipinski definition) is 5. The predicted octanol–water partition coefficient (Wildman–Crippen LogP) is 0.617. The minimum Gasteiger partial charge on any atom is -0.469 e. The Morgan fingerprint density at radius 3 is 2.67 bits per heavy atom. The Balaban J connectivity index is 2.38. The highest BCUT2D eigenvalue weighted by atomic mass is 16.5. The van der Waals surface area contributed by atoms with Crippen LogP contribution in [0.1, 0.15) is 26.2 Å². The molecule has 0 aromatic carbocycles. The van der Waals surface area contributed by atoms with Crippen molar-refractivity contribution >= 4 is 17.8 Å². The summed E-state index contributed by atoms with van der Waals surface area (Å²) in [5.41, 5.74) is 0.701. The molecule has 1 aliphatic rings. The van der Waals surface area contributed by atoms with Crippen LogP contribution in [0.3, 0.4) is 0 Å². The Hall–Kier alpha value is -1.85. The van der Waals surface area contributed by atoms with E-state index in [-0.39, 0.29) is 31.1 Å². The van der Waals surface area contributed by atoms with E-state index in [2.05, 4.69) is 11.3 Å². The van der Waals surface area contributed by atoms with Crippen LogP contribution in [0, 0.1) is 0 Å². The molecule has 0 saturated carbocycles. The van der Waals surface area contributed by atoms with Crippen LogP contribution in [-0.2, 0) is 23.9 Å². The molecule has 6 nitrogen and oxygen atoms in total. The molecule has 0 aromatic heterocycles. The van der Waals surface area contributed by atoms with Gasteiger partial charge in [-0.25, -0.2) is 0 Å². The lowest BCUT2D eigenvalue weighted by Crippen LogP contribution is -2.53. The summed E-state index contributed by atoms with van der Waals surface area (Å²) in [6.07, 6.45) is 1.05. The summed E-state index contributed by atoms with van der Waals surface area (Å²) in [5.74, 6) is -0.842. The molecule has 1 saturated heterocycles. The van der Waals surface area contributed by atoms with Gasteiger partial charge < -0.3 is 14.4 Å². The van der Waals surface area contributed by atoms with E-state index in [9.17, 15) is 14.4 Å². The highest BCUT2D eigenvalue weighted by Gasteiger charge is 2.36. The molecule has 0 bridgehead atoms. The number of β-lactam (4-membered cyclic amide) rings is 1. The van der Waals surface area contributed by atoms with Crippen molar-refractivity contribution in [2.45, 2.75) is 32.2 Å². The monoisotopic (exact) mass is 255 g/mol. The SMILES string of the molecule is C=C(CC(=O)OC)C[C@@H]1CC(=O)N1COC(C)=O. The van der Waals surface area contributed by atoms with Crippen molar-refractivity contribution < 1.29 is 23.9 Å². The molecule has 1 amide bonds. The fourth-order valence-electron chi connectivity index (χ4n) is 1.72. The minimum absolute atomic E-state index is 0.0374. The third kappa shape index (κ3) is 3.87. The Kier molecular flexibility index (Phi) is 4.88.